The summed E-state index contributed by atoms with van der Waals surface area (Å²) in [5.74, 6) is -2.19. The summed E-state index contributed by atoms with van der Waals surface area (Å²) in [6, 6.07) is 20.0. The highest BCUT2D eigenvalue weighted by Gasteiger charge is 2.63. The van der Waals surface area contributed by atoms with Crippen LogP contribution in [0.1, 0.15) is 68.0 Å². The lowest BCUT2D eigenvalue weighted by Crippen LogP contribution is -2.62. The number of fused-ring (bicyclic) bond motifs is 2. The number of aromatic hydroxyl groups is 1. The summed E-state index contributed by atoms with van der Waals surface area (Å²) < 4.78 is 8.40. The van der Waals surface area contributed by atoms with E-state index < -0.39 is 22.7 Å². The summed E-state index contributed by atoms with van der Waals surface area (Å²) in [7, 11) is 0. The Bertz CT molecular complexity index is 1930. The smallest absolute Gasteiger partial charge is 0.269 e. The van der Waals surface area contributed by atoms with Crippen molar-refractivity contribution in [3.63, 3.8) is 0 Å². The molecule has 1 aliphatic heterocycles. The van der Waals surface area contributed by atoms with Crippen molar-refractivity contribution in [3.05, 3.63) is 112 Å². The van der Waals surface area contributed by atoms with Gasteiger partial charge in [0.25, 0.3) is 5.69 Å². The molecule has 4 N–H and O–H groups in total. The molecule has 0 amide bonds. The second-order valence-corrected chi connectivity index (χ2v) is 13.9. The van der Waals surface area contributed by atoms with Gasteiger partial charge in [-0.05, 0) is 79.0 Å². The quantitative estimate of drug-likeness (QED) is 0.0682. The normalized spacial score (nSPS) is 25.5. The number of aliphatic hydroxyl groups is 3. The second kappa shape index (κ2) is 15.2. The molecule has 0 saturated heterocycles. The number of nitro groups is 1. The van der Waals surface area contributed by atoms with Crippen molar-refractivity contribution < 1.29 is 34.9 Å². The predicted octanol–water partition coefficient (Wildman–Crippen LogP) is 6.06. The first-order chi connectivity index (χ1) is 25.3. The molecule has 0 spiro atoms. The molecule has 13 heteroatoms. The summed E-state index contributed by atoms with van der Waals surface area (Å²) in [5.41, 5.74) is 4.41. The lowest BCUT2D eigenvalue weighted by molar-refractivity contribution is -0.384. The highest BCUT2D eigenvalue weighted by atomic mass is 16.6. The van der Waals surface area contributed by atoms with Crippen molar-refractivity contribution in [2.45, 2.75) is 69.3 Å². The number of aliphatic hydroxyl groups excluding tert-OH is 2. The summed E-state index contributed by atoms with van der Waals surface area (Å²) in [6.45, 7) is 0.218. The zero-order valence-corrected chi connectivity index (χ0v) is 28.7. The molecule has 1 fully saturated rings. The Hall–Kier alpha value is -5.11. The minimum absolute atomic E-state index is 0.000311. The first-order valence-corrected chi connectivity index (χ1v) is 17.9. The number of unbranched alkanes of at least 4 members (excludes halogenated alkanes) is 2. The molecule has 0 bridgehead atoms. The molecule has 6 atom stereocenters. The van der Waals surface area contributed by atoms with Crippen LogP contribution in [0.3, 0.4) is 0 Å². The largest absolute Gasteiger partial charge is 0.508 e. The minimum Gasteiger partial charge on any atom is -0.508 e. The van der Waals surface area contributed by atoms with E-state index in [1.54, 1.807) is 41.2 Å². The van der Waals surface area contributed by atoms with Gasteiger partial charge in [-0.3, -0.25) is 10.1 Å². The molecule has 272 valence electrons. The number of hydrogen-bond acceptors (Lipinski definition) is 11. The number of non-ortho nitro benzene ring substituents is 1. The highest BCUT2D eigenvalue weighted by Crippen LogP contribution is 2.62. The highest BCUT2D eigenvalue weighted by molar-refractivity contribution is 6.02. The Labute approximate surface area is 301 Å². The van der Waals surface area contributed by atoms with E-state index in [0.29, 0.717) is 35.6 Å². The van der Waals surface area contributed by atoms with Crippen molar-refractivity contribution >= 4 is 11.4 Å². The van der Waals surface area contributed by atoms with Gasteiger partial charge in [-0.2, -0.15) is 0 Å². The van der Waals surface area contributed by atoms with Crippen LogP contribution in [0.25, 0.3) is 11.3 Å². The standard InChI is InChI=1S/C39H43N5O8/c45-18-6-4-10-27-20-31-33(41-51-24-25-12-14-28(15-13-25)44(49)50)22-36(43-34(23-40-42-43)26-8-2-1-3-9-26)39(48)38(31)37(30(27)11-5-7-19-46)32-21-29(47)16-17-35(32)52-39/h1-3,8-9,12-17,20-21,23,27,30,36-38,45-48H,4-7,10-11,18-19,22,24H2. The van der Waals surface area contributed by atoms with E-state index in [0.717, 1.165) is 42.4 Å². The Morgan fingerprint density at radius 3 is 2.48 bits per heavy atom. The number of hydrogen-bond donors (Lipinski definition) is 4. The fourth-order valence-corrected chi connectivity index (χ4v) is 8.40. The number of aromatic nitrogens is 3. The van der Waals surface area contributed by atoms with Crippen LogP contribution in [0, 0.1) is 27.9 Å². The third-order valence-corrected chi connectivity index (χ3v) is 10.8. The van der Waals surface area contributed by atoms with Crippen LogP contribution in [-0.2, 0) is 11.4 Å². The van der Waals surface area contributed by atoms with Crippen molar-refractivity contribution in [2.24, 2.45) is 22.9 Å². The van der Waals surface area contributed by atoms with E-state index in [4.69, 9.17) is 14.7 Å². The van der Waals surface area contributed by atoms with E-state index >= 15 is 0 Å². The topological polar surface area (TPSA) is 186 Å². The van der Waals surface area contributed by atoms with E-state index in [-0.39, 0.29) is 55.4 Å². The van der Waals surface area contributed by atoms with E-state index in [1.807, 2.05) is 30.3 Å². The van der Waals surface area contributed by atoms with Crippen molar-refractivity contribution in [1.82, 2.24) is 15.0 Å². The van der Waals surface area contributed by atoms with E-state index in [9.17, 15) is 30.5 Å². The molecule has 4 aromatic rings. The van der Waals surface area contributed by atoms with Gasteiger partial charge in [-0.1, -0.05) is 59.6 Å². The van der Waals surface area contributed by atoms with Crippen LogP contribution in [0.4, 0.5) is 5.69 Å². The first-order valence-electron chi connectivity index (χ1n) is 17.9. The number of phenolic OH excluding ortho intramolecular Hbond substituents is 1. The van der Waals surface area contributed by atoms with Crippen molar-refractivity contribution in [3.8, 4) is 22.8 Å². The molecule has 3 aliphatic rings. The second-order valence-electron chi connectivity index (χ2n) is 13.9. The average molecular weight is 710 g/mol. The van der Waals surface area contributed by atoms with Gasteiger partial charge in [0.2, 0.25) is 5.79 Å². The summed E-state index contributed by atoms with van der Waals surface area (Å²) in [5, 5.41) is 68.0. The van der Waals surface area contributed by atoms with E-state index in [2.05, 4.69) is 16.4 Å². The zero-order chi connectivity index (χ0) is 36.2. The molecular formula is C39H43N5O8. The van der Waals surface area contributed by atoms with Crippen molar-refractivity contribution in [1.29, 1.82) is 0 Å². The lowest BCUT2D eigenvalue weighted by Gasteiger charge is -2.56. The number of ether oxygens (including phenoxy) is 1. The van der Waals surface area contributed by atoms with Gasteiger partial charge < -0.3 is 30.0 Å². The maximum atomic E-state index is 13.2. The molecule has 6 unspecified atom stereocenters. The van der Waals surface area contributed by atoms with Crippen LogP contribution in [0.15, 0.2) is 95.8 Å². The fraction of sp³-hybridized carbons (Fsp3) is 0.410. The van der Waals surface area contributed by atoms with Gasteiger partial charge in [0.05, 0.1) is 28.4 Å². The van der Waals surface area contributed by atoms with Gasteiger partial charge in [0.1, 0.15) is 24.1 Å². The molecular weight excluding hydrogens is 666 g/mol. The number of oxime groups is 1. The SMILES string of the molecule is O=[N+]([O-])c1ccc(CON=C2CC(n3nncc3-c3ccccc3)C3(O)Oc4ccc(O)cc4C4C(CCCCO)C(CCCCO)C=C2C43)cc1. The van der Waals surface area contributed by atoms with Gasteiger partial charge in [0, 0.05) is 48.8 Å². The third kappa shape index (κ3) is 6.79. The fourth-order valence-electron chi connectivity index (χ4n) is 8.40. The maximum Gasteiger partial charge on any atom is 0.269 e. The van der Waals surface area contributed by atoms with Crippen molar-refractivity contribution in [2.75, 3.05) is 13.2 Å². The Morgan fingerprint density at radius 1 is 1.00 bits per heavy atom. The Balaban J connectivity index is 1.37. The van der Waals surface area contributed by atoms with Gasteiger partial charge >= 0.3 is 0 Å². The molecule has 13 nitrogen and oxygen atoms in total. The van der Waals surface area contributed by atoms with Gasteiger partial charge in [-0.25, -0.2) is 4.68 Å². The molecule has 52 heavy (non-hydrogen) atoms. The number of rotatable bonds is 14. The molecule has 2 aliphatic carbocycles. The van der Waals surface area contributed by atoms with E-state index in [1.165, 1.54) is 12.1 Å². The molecule has 3 aromatic carbocycles. The van der Waals surface area contributed by atoms with Crippen LogP contribution >= 0.6 is 0 Å². The summed E-state index contributed by atoms with van der Waals surface area (Å²) in [4.78, 5) is 16.7. The molecule has 2 heterocycles. The summed E-state index contributed by atoms with van der Waals surface area (Å²) >= 11 is 0. The maximum absolute atomic E-state index is 13.2. The lowest BCUT2D eigenvalue weighted by atomic mass is 9.55. The average Bonchev–Trinajstić information content (AvgIpc) is 3.64. The first kappa shape index (κ1) is 35.3. The van der Waals surface area contributed by atoms with Crippen LogP contribution < -0.4 is 4.74 Å². The monoisotopic (exact) mass is 709 g/mol. The number of allylic oxidation sites excluding steroid dienone is 1. The van der Waals surface area contributed by atoms with Crippen LogP contribution in [0.2, 0.25) is 0 Å². The summed E-state index contributed by atoms with van der Waals surface area (Å²) in [6.07, 6.45) is 8.41. The Morgan fingerprint density at radius 2 is 1.75 bits per heavy atom. The Kier molecular flexibility index (Phi) is 10.3. The van der Waals surface area contributed by atoms with Gasteiger partial charge in [-0.15, -0.1) is 5.10 Å². The molecule has 0 radical (unpaired) electrons. The number of nitrogens with zero attached hydrogens (tertiary/aromatic N) is 5. The predicted molar refractivity (Wildman–Crippen MR) is 191 cm³/mol. The van der Waals surface area contributed by atoms with Crippen LogP contribution in [0.5, 0.6) is 11.5 Å². The third-order valence-electron chi connectivity index (χ3n) is 10.8. The molecule has 1 aromatic heterocycles. The molecule has 7 rings (SSSR count). The number of phenols is 1. The van der Waals surface area contributed by atoms with Crippen LogP contribution in [-0.4, -0.2) is 65.1 Å². The zero-order valence-electron chi connectivity index (χ0n) is 28.7. The van der Waals surface area contributed by atoms with Gasteiger partial charge in [0.15, 0.2) is 0 Å². The molecule has 1 saturated carbocycles. The number of benzene rings is 3. The minimum atomic E-state index is -1.82. The number of nitro benzene ring substituents is 1.